The Morgan fingerprint density at radius 2 is 1.74 bits per heavy atom. The van der Waals surface area contributed by atoms with E-state index in [4.69, 9.17) is 0 Å². The maximum Gasteiger partial charge on any atom is 0.225 e. The molecule has 0 spiro atoms. The van der Waals surface area contributed by atoms with Gasteiger partial charge < -0.3 is 15.5 Å². The van der Waals surface area contributed by atoms with Gasteiger partial charge in [0.25, 0.3) is 0 Å². The fourth-order valence-electron chi connectivity index (χ4n) is 2.82. The van der Waals surface area contributed by atoms with Crippen LogP contribution in [0.5, 0.6) is 0 Å². The van der Waals surface area contributed by atoms with E-state index in [1.165, 1.54) is 11.3 Å². The number of carbonyl (C=O) groups excluding carboxylic acids is 3. The maximum atomic E-state index is 12.8. The van der Waals surface area contributed by atoms with Gasteiger partial charge in [-0.2, -0.15) is 0 Å². The summed E-state index contributed by atoms with van der Waals surface area (Å²) < 4.78 is 0. The first kappa shape index (κ1) is 21.2. The van der Waals surface area contributed by atoms with Crippen molar-refractivity contribution < 1.29 is 14.4 Å². The summed E-state index contributed by atoms with van der Waals surface area (Å²) in [6.45, 7) is 2.26. The lowest BCUT2D eigenvalue weighted by Gasteiger charge is -2.15. The first-order valence-corrected chi connectivity index (χ1v) is 9.32. The molecule has 2 aromatic rings. The smallest absolute Gasteiger partial charge is 0.225 e. The number of nitrogens with zero attached hydrogens (tertiary/aromatic N) is 1. The number of carbonyl (C=O) groups is 3. The van der Waals surface area contributed by atoms with Gasteiger partial charge in [0.2, 0.25) is 11.7 Å². The number of nitrogens with one attached hydrogen (secondary N) is 2. The minimum atomic E-state index is -0.212. The third-order valence-electron chi connectivity index (χ3n) is 4.18. The first-order chi connectivity index (χ1) is 12.5. The number of rotatable bonds is 7. The minimum absolute atomic E-state index is 0. The molecule has 0 radical (unpaired) electrons. The van der Waals surface area contributed by atoms with E-state index in [2.05, 4.69) is 15.5 Å². The third-order valence-corrected chi connectivity index (χ3v) is 5.16. The van der Waals surface area contributed by atoms with Crippen molar-refractivity contribution in [1.82, 2.24) is 10.2 Å². The molecule has 0 atom stereocenters. The van der Waals surface area contributed by atoms with E-state index in [0.29, 0.717) is 40.2 Å². The Kier molecular flexibility index (Phi) is 7.26. The SMILES string of the molecule is CN(C)CCNCCC(=O)Nc1csc2c1C(=O)c1ccccc1C2=O.Cl. The first-order valence-electron chi connectivity index (χ1n) is 8.44. The van der Waals surface area contributed by atoms with Gasteiger partial charge in [0.15, 0.2) is 5.78 Å². The van der Waals surface area contributed by atoms with Gasteiger partial charge in [0, 0.05) is 42.6 Å². The number of thiophene rings is 1. The van der Waals surface area contributed by atoms with Gasteiger partial charge in [-0.05, 0) is 14.1 Å². The quantitative estimate of drug-likeness (QED) is 0.588. The number of anilines is 1. The third kappa shape index (κ3) is 4.62. The molecule has 0 saturated carbocycles. The second kappa shape index (κ2) is 9.23. The predicted octanol–water partition coefficient (Wildman–Crippen LogP) is 2.43. The molecular formula is C19H22ClN3O3S. The fourth-order valence-corrected chi connectivity index (χ4v) is 3.77. The standard InChI is InChI=1S/C19H21N3O3S.ClH/c1-22(2)10-9-20-8-7-15(23)21-14-11-26-19-16(14)17(24)12-5-3-4-6-13(12)18(19)25;/h3-6,11,20H,7-10H2,1-2H3,(H,21,23);1H. The van der Waals surface area contributed by atoms with Crippen LogP contribution in [0, 0.1) is 0 Å². The number of likely N-dealkylation sites (N-methyl/N-ethyl adjacent to an activating group) is 1. The minimum Gasteiger partial charge on any atom is -0.325 e. The van der Waals surface area contributed by atoms with Gasteiger partial charge in [-0.3, -0.25) is 14.4 Å². The molecule has 0 saturated heterocycles. The highest BCUT2D eigenvalue weighted by molar-refractivity contribution is 7.13. The number of ketones is 2. The topological polar surface area (TPSA) is 78.5 Å². The molecular weight excluding hydrogens is 386 g/mol. The molecule has 144 valence electrons. The Balaban J connectivity index is 0.00000261. The Morgan fingerprint density at radius 3 is 2.41 bits per heavy atom. The van der Waals surface area contributed by atoms with E-state index in [-0.39, 0.29) is 29.9 Å². The van der Waals surface area contributed by atoms with Crippen LogP contribution in [0.3, 0.4) is 0 Å². The highest BCUT2D eigenvalue weighted by Gasteiger charge is 2.33. The van der Waals surface area contributed by atoms with Crippen molar-refractivity contribution in [1.29, 1.82) is 0 Å². The van der Waals surface area contributed by atoms with Gasteiger partial charge in [0.05, 0.1) is 16.1 Å². The second-order valence-corrected chi connectivity index (χ2v) is 7.29. The Bertz CT molecular complexity index is 864. The normalized spacial score (nSPS) is 12.4. The summed E-state index contributed by atoms with van der Waals surface area (Å²) >= 11 is 1.20. The van der Waals surface area contributed by atoms with Gasteiger partial charge in [-0.25, -0.2) is 0 Å². The van der Waals surface area contributed by atoms with Crippen LogP contribution in [0.4, 0.5) is 5.69 Å². The molecule has 0 fully saturated rings. The van der Waals surface area contributed by atoms with Crippen molar-refractivity contribution in [3.8, 4) is 0 Å². The monoisotopic (exact) mass is 407 g/mol. The molecule has 1 heterocycles. The Morgan fingerprint density at radius 1 is 1.07 bits per heavy atom. The van der Waals surface area contributed by atoms with E-state index in [1.807, 2.05) is 14.1 Å². The summed E-state index contributed by atoms with van der Waals surface area (Å²) in [7, 11) is 3.98. The van der Waals surface area contributed by atoms with Crippen molar-refractivity contribution >= 4 is 46.9 Å². The summed E-state index contributed by atoms with van der Waals surface area (Å²) in [5.74, 6) is -0.552. The van der Waals surface area contributed by atoms with Crippen molar-refractivity contribution in [3.05, 3.63) is 51.2 Å². The lowest BCUT2D eigenvalue weighted by atomic mass is 9.88. The lowest BCUT2D eigenvalue weighted by Crippen LogP contribution is -2.29. The highest BCUT2D eigenvalue weighted by atomic mass is 35.5. The molecule has 6 nitrogen and oxygen atoms in total. The van der Waals surface area contributed by atoms with E-state index in [0.717, 1.165) is 13.1 Å². The summed E-state index contributed by atoms with van der Waals surface area (Å²) in [5, 5.41) is 7.65. The van der Waals surface area contributed by atoms with Crippen LogP contribution in [0.25, 0.3) is 0 Å². The lowest BCUT2D eigenvalue weighted by molar-refractivity contribution is -0.116. The Hall–Kier alpha value is -2.06. The van der Waals surface area contributed by atoms with Crippen LogP contribution in [0.15, 0.2) is 29.6 Å². The van der Waals surface area contributed by atoms with Crippen molar-refractivity contribution in [2.45, 2.75) is 6.42 Å². The summed E-state index contributed by atoms with van der Waals surface area (Å²) in [6.07, 6.45) is 0.302. The summed E-state index contributed by atoms with van der Waals surface area (Å²) in [4.78, 5) is 40.0. The predicted molar refractivity (Wildman–Crippen MR) is 110 cm³/mol. The van der Waals surface area contributed by atoms with Crippen LogP contribution in [0.1, 0.15) is 37.6 Å². The molecule has 0 aliphatic heterocycles. The van der Waals surface area contributed by atoms with Gasteiger partial charge >= 0.3 is 0 Å². The van der Waals surface area contributed by atoms with Crippen molar-refractivity contribution in [2.75, 3.05) is 39.0 Å². The van der Waals surface area contributed by atoms with Gasteiger partial charge in [-0.1, -0.05) is 24.3 Å². The number of amides is 1. The van der Waals surface area contributed by atoms with Crippen LogP contribution in [0.2, 0.25) is 0 Å². The van der Waals surface area contributed by atoms with Crippen LogP contribution < -0.4 is 10.6 Å². The fraction of sp³-hybridized carbons (Fsp3) is 0.316. The van der Waals surface area contributed by atoms with Crippen molar-refractivity contribution in [3.63, 3.8) is 0 Å². The number of fused-ring (bicyclic) bond motifs is 2. The molecule has 0 bridgehead atoms. The second-order valence-electron chi connectivity index (χ2n) is 6.41. The number of hydrogen-bond donors (Lipinski definition) is 2. The summed E-state index contributed by atoms with van der Waals surface area (Å²) in [5.41, 5.74) is 1.56. The van der Waals surface area contributed by atoms with E-state index >= 15 is 0 Å². The molecule has 2 N–H and O–H groups in total. The average Bonchev–Trinajstić information content (AvgIpc) is 3.03. The zero-order valence-corrected chi connectivity index (χ0v) is 16.8. The number of benzene rings is 1. The zero-order chi connectivity index (χ0) is 18.7. The van der Waals surface area contributed by atoms with Crippen LogP contribution in [-0.4, -0.2) is 56.1 Å². The molecule has 3 rings (SSSR count). The molecule has 1 aliphatic rings. The van der Waals surface area contributed by atoms with Crippen LogP contribution >= 0.6 is 23.7 Å². The van der Waals surface area contributed by atoms with E-state index in [9.17, 15) is 14.4 Å². The molecule has 1 aromatic carbocycles. The number of hydrogen-bond acceptors (Lipinski definition) is 6. The van der Waals surface area contributed by atoms with Gasteiger partial charge in [-0.15, -0.1) is 23.7 Å². The highest BCUT2D eigenvalue weighted by Crippen LogP contribution is 2.36. The Labute approximate surface area is 168 Å². The molecule has 1 amide bonds. The molecule has 0 unspecified atom stereocenters. The van der Waals surface area contributed by atoms with E-state index in [1.54, 1.807) is 29.6 Å². The molecule has 1 aromatic heterocycles. The van der Waals surface area contributed by atoms with Gasteiger partial charge in [0.1, 0.15) is 0 Å². The zero-order valence-electron chi connectivity index (χ0n) is 15.2. The maximum absolute atomic E-state index is 12.8. The molecule has 27 heavy (non-hydrogen) atoms. The average molecular weight is 408 g/mol. The molecule has 1 aliphatic carbocycles. The summed E-state index contributed by atoms with van der Waals surface area (Å²) in [6, 6.07) is 6.79. The number of halogens is 1. The van der Waals surface area contributed by atoms with E-state index < -0.39 is 0 Å². The largest absolute Gasteiger partial charge is 0.325 e. The molecule has 8 heteroatoms. The van der Waals surface area contributed by atoms with Crippen molar-refractivity contribution in [2.24, 2.45) is 0 Å². The van der Waals surface area contributed by atoms with Crippen LogP contribution in [-0.2, 0) is 4.79 Å².